The number of alkyl halides is 4. The Morgan fingerprint density at radius 2 is 2.00 bits per heavy atom. The van der Waals surface area contributed by atoms with Crippen LogP contribution in [-0.4, -0.2) is 5.88 Å². The molecule has 0 N–H and O–H groups in total. The smallest absolute Gasteiger partial charge is 0.192 e. The van der Waals surface area contributed by atoms with E-state index in [1.165, 1.54) is 12.1 Å². The second-order valence-corrected chi connectivity index (χ2v) is 3.49. The van der Waals surface area contributed by atoms with E-state index in [2.05, 4.69) is 11.8 Å². The zero-order chi connectivity index (χ0) is 12.9. The Bertz CT molecular complexity index is 503. The Balaban J connectivity index is 3.17. The van der Waals surface area contributed by atoms with Crippen LogP contribution in [-0.2, 0) is 6.18 Å². The van der Waals surface area contributed by atoms with Crippen LogP contribution in [0, 0.1) is 23.2 Å². The van der Waals surface area contributed by atoms with E-state index >= 15 is 0 Å². The highest BCUT2D eigenvalue weighted by Crippen LogP contribution is 2.32. The van der Waals surface area contributed by atoms with Crippen molar-refractivity contribution in [1.82, 2.24) is 0 Å². The first-order chi connectivity index (χ1) is 7.99. The summed E-state index contributed by atoms with van der Waals surface area (Å²) in [6.45, 7) is 0. The molecule has 1 nitrogen and oxygen atoms in total. The van der Waals surface area contributed by atoms with Gasteiger partial charge in [0.1, 0.15) is 0 Å². The Morgan fingerprint density at radius 1 is 1.29 bits per heavy atom. The summed E-state index contributed by atoms with van der Waals surface area (Å²) in [6, 6.07) is 4.88. The van der Waals surface area contributed by atoms with E-state index in [1.807, 2.05) is 0 Å². The molecule has 0 unspecified atom stereocenters. The number of rotatable bonds is 1. The molecule has 0 heterocycles. The van der Waals surface area contributed by atoms with E-state index in [9.17, 15) is 13.2 Å². The summed E-state index contributed by atoms with van der Waals surface area (Å²) in [5, 5.41) is 8.58. The molecule has 1 rings (SSSR count). The molecular weight excluding hydrogens is 251 g/mol. The van der Waals surface area contributed by atoms with Crippen molar-refractivity contribution in [2.24, 2.45) is 0 Å². The Labute approximate surface area is 102 Å². The summed E-state index contributed by atoms with van der Waals surface area (Å²) in [7, 11) is 0. The van der Waals surface area contributed by atoms with Gasteiger partial charge in [0.25, 0.3) is 0 Å². The topological polar surface area (TPSA) is 23.8 Å². The standard InChI is InChI=1S/C12H7ClF3N/c13-6-2-1-3-9-4-5-10(8-17)11(7-9)12(14,15)16/h4-5,7H,2,6H2. The first-order valence-corrected chi connectivity index (χ1v) is 5.18. The molecule has 0 fully saturated rings. The first kappa shape index (κ1) is 13.4. The number of halogens is 4. The molecule has 17 heavy (non-hydrogen) atoms. The molecule has 0 aromatic heterocycles. The fourth-order valence-electron chi connectivity index (χ4n) is 1.17. The minimum Gasteiger partial charge on any atom is -0.192 e. The number of benzene rings is 1. The highest BCUT2D eigenvalue weighted by atomic mass is 35.5. The van der Waals surface area contributed by atoms with Gasteiger partial charge in [-0.25, -0.2) is 0 Å². The van der Waals surface area contributed by atoms with Gasteiger partial charge in [-0.1, -0.05) is 11.8 Å². The zero-order valence-electron chi connectivity index (χ0n) is 8.61. The van der Waals surface area contributed by atoms with Crippen LogP contribution in [0.5, 0.6) is 0 Å². The number of hydrogen-bond acceptors (Lipinski definition) is 1. The molecule has 0 aliphatic carbocycles. The maximum absolute atomic E-state index is 12.6. The first-order valence-electron chi connectivity index (χ1n) is 4.65. The zero-order valence-corrected chi connectivity index (χ0v) is 9.36. The third-order valence-corrected chi connectivity index (χ3v) is 2.09. The molecule has 1 aromatic carbocycles. The summed E-state index contributed by atoms with van der Waals surface area (Å²) >= 11 is 5.39. The summed E-state index contributed by atoms with van der Waals surface area (Å²) < 4.78 is 37.7. The predicted octanol–water partition coefficient (Wildman–Crippen LogP) is 3.56. The Kier molecular flexibility index (Phi) is 4.43. The van der Waals surface area contributed by atoms with E-state index < -0.39 is 17.3 Å². The van der Waals surface area contributed by atoms with Crippen LogP contribution in [0.3, 0.4) is 0 Å². The number of hydrogen-bond donors (Lipinski definition) is 0. The van der Waals surface area contributed by atoms with Gasteiger partial charge in [-0.15, -0.1) is 11.6 Å². The maximum Gasteiger partial charge on any atom is 0.417 e. The van der Waals surface area contributed by atoms with Crippen molar-refractivity contribution >= 4 is 11.6 Å². The maximum atomic E-state index is 12.6. The van der Waals surface area contributed by atoms with Gasteiger partial charge in [0, 0.05) is 17.9 Å². The molecule has 0 aliphatic rings. The van der Waals surface area contributed by atoms with Gasteiger partial charge < -0.3 is 0 Å². The molecule has 0 bridgehead atoms. The molecule has 0 radical (unpaired) electrons. The minimum absolute atomic E-state index is 0.224. The molecular formula is C12H7ClF3N. The summed E-state index contributed by atoms with van der Waals surface area (Å²) in [4.78, 5) is 0. The molecule has 1 aromatic rings. The van der Waals surface area contributed by atoms with Crippen molar-refractivity contribution < 1.29 is 13.2 Å². The van der Waals surface area contributed by atoms with Gasteiger partial charge in [0.05, 0.1) is 17.2 Å². The molecule has 0 saturated heterocycles. The molecule has 0 saturated carbocycles. The molecule has 0 spiro atoms. The minimum atomic E-state index is -4.55. The molecule has 5 heteroatoms. The van der Waals surface area contributed by atoms with Gasteiger partial charge >= 0.3 is 6.18 Å². The molecule has 88 valence electrons. The normalized spacial score (nSPS) is 10.3. The van der Waals surface area contributed by atoms with Crippen molar-refractivity contribution in [1.29, 1.82) is 5.26 Å². The lowest BCUT2D eigenvalue weighted by Crippen LogP contribution is -2.08. The van der Waals surface area contributed by atoms with Crippen molar-refractivity contribution in [2.45, 2.75) is 12.6 Å². The van der Waals surface area contributed by atoms with E-state index in [-0.39, 0.29) is 5.56 Å². The third-order valence-electron chi connectivity index (χ3n) is 1.90. The highest BCUT2D eigenvalue weighted by Gasteiger charge is 2.33. The second-order valence-electron chi connectivity index (χ2n) is 3.11. The molecule has 0 amide bonds. The van der Waals surface area contributed by atoms with E-state index in [1.54, 1.807) is 0 Å². The van der Waals surface area contributed by atoms with Crippen LogP contribution in [0.15, 0.2) is 18.2 Å². The van der Waals surface area contributed by atoms with Gasteiger partial charge in [-0.3, -0.25) is 0 Å². The van der Waals surface area contributed by atoms with Crippen molar-refractivity contribution in [2.75, 3.05) is 5.88 Å². The average Bonchev–Trinajstić information content (AvgIpc) is 2.28. The quantitative estimate of drug-likeness (QED) is 0.557. The van der Waals surface area contributed by atoms with Crippen molar-refractivity contribution in [3.05, 3.63) is 34.9 Å². The van der Waals surface area contributed by atoms with Crippen LogP contribution in [0.2, 0.25) is 0 Å². The summed E-state index contributed by atoms with van der Waals surface area (Å²) in [5.74, 6) is 5.53. The lowest BCUT2D eigenvalue weighted by atomic mass is 10.0. The number of nitrogens with zero attached hydrogens (tertiary/aromatic N) is 1. The third kappa shape index (κ3) is 3.69. The lowest BCUT2D eigenvalue weighted by Gasteiger charge is -2.08. The highest BCUT2D eigenvalue weighted by molar-refractivity contribution is 6.18. The molecule has 0 aliphatic heterocycles. The predicted molar refractivity (Wildman–Crippen MR) is 58.4 cm³/mol. The SMILES string of the molecule is N#Cc1ccc(C#CCCCl)cc1C(F)(F)F. The van der Waals surface area contributed by atoms with E-state index in [4.69, 9.17) is 16.9 Å². The molecule has 0 atom stereocenters. The Hall–Kier alpha value is -1.65. The second kappa shape index (κ2) is 5.61. The average molecular weight is 258 g/mol. The van der Waals surface area contributed by atoms with Gasteiger partial charge in [-0.2, -0.15) is 18.4 Å². The van der Waals surface area contributed by atoms with Gasteiger partial charge in [0.2, 0.25) is 0 Å². The monoisotopic (exact) mass is 257 g/mol. The lowest BCUT2D eigenvalue weighted by molar-refractivity contribution is -0.137. The summed E-state index contributed by atoms with van der Waals surface area (Å²) in [5.41, 5.74) is -1.14. The van der Waals surface area contributed by atoms with Crippen LogP contribution in [0.4, 0.5) is 13.2 Å². The van der Waals surface area contributed by atoms with Crippen molar-refractivity contribution in [3.63, 3.8) is 0 Å². The van der Waals surface area contributed by atoms with Gasteiger partial charge in [0.15, 0.2) is 0 Å². The summed E-state index contributed by atoms with van der Waals surface area (Å²) in [6.07, 6.45) is -4.14. The number of nitriles is 1. The van der Waals surface area contributed by atoms with Crippen LogP contribution in [0.25, 0.3) is 0 Å². The van der Waals surface area contributed by atoms with E-state index in [0.29, 0.717) is 12.3 Å². The fraction of sp³-hybridized carbons (Fsp3) is 0.250. The van der Waals surface area contributed by atoms with Crippen LogP contribution >= 0.6 is 11.6 Å². The Morgan fingerprint density at radius 3 is 2.53 bits per heavy atom. The van der Waals surface area contributed by atoms with Crippen LogP contribution < -0.4 is 0 Å². The van der Waals surface area contributed by atoms with E-state index in [0.717, 1.165) is 12.1 Å². The fourth-order valence-corrected chi connectivity index (χ4v) is 1.26. The largest absolute Gasteiger partial charge is 0.417 e. The van der Waals surface area contributed by atoms with Gasteiger partial charge in [-0.05, 0) is 18.2 Å². The van der Waals surface area contributed by atoms with Crippen molar-refractivity contribution in [3.8, 4) is 17.9 Å². The van der Waals surface area contributed by atoms with Crippen LogP contribution in [0.1, 0.15) is 23.1 Å².